The Morgan fingerprint density at radius 1 is 0.725 bits per heavy atom. The van der Waals surface area contributed by atoms with E-state index in [-0.39, 0.29) is 12.4 Å². The summed E-state index contributed by atoms with van der Waals surface area (Å²) in [5, 5.41) is 2.12. The number of ketones is 1. The van der Waals surface area contributed by atoms with Gasteiger partial charge >= 0.3 is 11.9 Å². The molecule has 0 aliphatic heterocycles. The molecular weight excluding hydrogens is 500 g/mol. The van der Waals surface area contributed by atoms with Crippen molar-refractivity contribution >= 4 is 34.6 Å². The number of allylic oxidation sites excluding steroid dienone is 1. The highest BCUT2D eigenvalue weighted by Gasteiger charge is 2.07. The Morgan fingerprint density at radius 3 is 2.02 bits per heavy atom. The average molecular weight is 531 g/mol. The van der Waals surface area contributed by atoms with Crippen molar-refractivity contribution in [2.75, 3.05) is 0 Å². The van der Waals surface area contributed by atoms with Crippen LogP contribution in [0.25, 0.3) is 28.0 Å². The van der Waals surface area contributed by atoms with Gasteiger partial charge in [-0.2, -0.15) is 0 Å². The van der Waals surface area contributed by atoms with E-state index in [2.05, 4.69) is 25.3 Å². The standard InChI is InChI=1S/C35H30O5/c1-23(2)33(36)20-26-5-11-28(12-6-26)30-15-14-29-19-25(7-13-31(29)21-30)10-18-34(37)40-32-16-8-27(9-17-32)22-39-35(38)24(3)4/h5-19,21H,1,3,20,22H2,2,4H3/b18-10+. The average Bonchev–Trinajstić information content (AvgIpc) is 2.95. The summed E-state index contributed by atoms with van der Waals surface area (Å²) >= 11 is 0. The van der Waals surface area contributed by atoms with Gasteiger partial charge in [-0.3, -0.25) is 4.79 Å². The summed E-state index contributed by atoms with van der Waals surface area (Å²) in [7, 11) is 0. The lowest BCUT2D eigenvalue weighted by atomic mass is 9.98. The van der Waals surface area contributed by atoms with E-state index in [9.17, 15) is 14.4 Å². The lowest BCUT2D eigenvalue weighted by Crippen LogP contribution is -2.05. The number of carbonyl (C=O) groups excluding carboxylic acids is 3. The molecule has 0 saturated carbocycles. The van der Waals surface area contributed by atoms with E-state index in [1.54, 1.807) is 44.2 Å². The molecule has 0 bridgehead atoms. The second-order valence-corrected chi connectivity index (χ2v) is 9.65. The quantitative estimate of drug-likeness (QED) is 0.121. The number of benzene rings is 4. The Hall–Kier alpha value is -5.03. The zero-order chi connectivity index (χ0) is 28.6. The highest BCUT2D eigenvalue weighted by atomic mass is 16.5. The third-order valence-corrected chi connectivity index (χ3v) is 6.26. The second-order valence-electron chi connectivity index (χ2n) is 9.65. The maximum Gasteiger partial charge on any atom is 0.336 e. The van der Waals surface area contributed by atoms with Crippen LogP contribution in [0.5, 0.6) is 5.75 Å². The fourth-order valence-electron chi connectivity index (χ4n) is 3.94. The van der Waals surface area contributed by atoms with Crippen LogP contribution < -0.4 is 4.74 Å². The van der Waals surface area contributed by atoms with Crippen molar-refractivity contribution in [2.45, 2.75) is 26.9 Å². The van der Waals surface area contributed by atoms with Gasteiger partial charge in [-0.1, -0.05) is 73.8 Å². The van der Waals surface area contributed by atoms with Crippen molar-refractivity contribution in [1.82, 2.24) is 0 Å². The van der Waals surface area contributed by atoms with Crippen molar-refractivity contribution in [3.05, 3.63) is 132 Å². The molecule has 4 aromatic rings. The summed E-state index contributed by atoms with van der Waals surface area (Å²) < 4.78 is 10.5. The van der Waals surface area contributed by atoms with Crippen LogP contribution in [-0.4, -0.2) is 17.7 Å². The molecule has 0 spiro atoms. The van der Waals surface area contributed by atoms with Crippen molar-refractivity contribution < 1.29 is 23.9 Å². The van der Waals surface area contributed by atoms with Gasteiger partial charge < -0.3 is 9.47 Å². The molecule has 4 rings (SSSR count). The van der Waals surface area contributed by atoms with Crippen molar-refractivity contribution in [3.8, 4) is 16.9 Å². The lowest BCUT2D eigenvalue weighted by molar-refractivity contribution is -0.140. The number of Topliss-reactive ketones (excluding diaryl/α,β-unsaturated/α-hetero) is 1. The fourth-order valence-corrected chi connectivity index (χ4v) is 3.94. The molecule has 5 heteroatoms. The first-order valence-corrected chi connectivity index (χ1v) is 12.8. The first kappa shape index (κ1) is 28.0. The molecule has 0 radical (unpaired) electrons. The zero-order valence-electron chi connectivity index (χ0n) is 22.6. The van der Waals surface area contributed by atoms with E-state index < -0.39 is 11.9 Å². The molecular formula is C35H30O5. The monoisotopic (exact) mass is 530 g/mol. The number of carbonyl (C=O) groups is 3. The predicted molar refractivity (Wildman–Crippen MR) is 159 cm³/mol. The first-order valence-electron chi connectivity index (χ1n) is 12.8. The van der Waals surface area contributed by atoms with Crippen LogP contribution in [0.3, 0.4) is 0 Å². The van der Waals surface area contributed by atoms with Crippen LogP contribution >= 0.6 is 0 Å². The second kappa shape index (κ2) is 12.7. The molecule has 0 unspecified atom stereocenters. The van der Waals surface area contributed by atoms with Crippen LogP contribution in [0.15, 0.2) is 115 Å². The fraction of sp³-hybridized carbons (Fsp3) is 0.114. The molecule has 0 N–H and O–H groups in total. The Kier molecular flexibility index (Phi) is 8.87. The van der Waals surface area contributed by atoms with Crippen LogP contribution in [0, 0.1) is 0 Å². The van der Waals surface area contributed by atoms with E-state index in [1.165, 1.54) is 6.08 Å². The molecule has 0 heterocycles. The number of hydrogen-bond acceptors (Lipinski definition) is 5. The number of rotatable bonds is 10. The maximum atomic E-state index is 12.3. The molecule has 4 aromatic carbocycles. The number of hydrogen-bond donors (Lipinski definition) is 0. The van der Waals surface area contributed by atoms with Crippen molar-refractivity contribution in [2.24, 2.45) is 0 Å². The van der Waals surface area contributed by atoms with Gasteiger partial charge in [0.15, 0.2) is 5.78 Å². The van der Waals surface area contributed by atoms with Crippen LogP contribution in [0.4, 0.5) is 0 Å². The minimum absolute atomic E-state index is 0.0472. The summed E-state index contributed by atoms with van der Waals surface area (Å²) in [5.74, 6) is -0.503. The Bertz CT molecular complexity index is 1620. The summed E-state index contributed by atoms with van der Waals surface area (Å²) in [6, 6.07) is 27.0. The minimum atomic E-state index is -0.495. The summed E-state index contributed by atoms with van der Waals surface area (Å²) in [6.07, 6.45) is 3.46. The van der Waals surface area contributed by atoms with Gasteiger partial charge in [0.2, 0.25) is 0 Å². The Balaban J connectivity index is 1.36. The van der Waals surface area contributed by atoms with Gasteiger partial charge in [0.25, 0.3) is 0 Å². The van der Waals surface area contributed by atoms with Gasteiger partial charge in [0.1, 0.15) is 12.4 Å². The van der Waals surface area contributed by atoms with E-state index >= 15 is 0 Å². The molecule has 0 aliphatic carbocycles. The van der Waals surface area contributed by atoms with Crippen molar-refractivity contribution in [1.29, 1.82) is 0 Å². The third kappa shape index (κ3) is 7.51. The molecule has 0 saturated heterocycles. The minimum Gasteiger partial charge on any atom is -0.457 e. The van der Waals surface area contributed by atoms with Gasteiger partial charge in [0.05, 0.1) is 0 Å². The summed E-state index contributed by atoms with van der Waals surface area (Å²) in [6.45, 7) is 10.7. The molecule has 0 atom stereocenters. The Labute approximate surface area is 234 Å². The van der Waals surface area contributed by atoms with Gasteiger partial charge in [-0.15, -0.1) is 0 Å². The van der Waals surface area contributed by atoms with Gasteiger partial charge in [0, 0.05) is 18.1 Å². The Morgan fingerprint density at radius 2 is 1.35 bits per heavy atom. The van der Waals surface area contributed by atoms with E-state index in [1.807, 2.05) is 48.5 Å². The topological polar surface area (TPSA) is 69.7 Å². The van der Waals surface area contributed by atoms with E-state index in [0.29, 0.717) is 23.3 Å². The smallest absolute Gasteiger partial charge is 0.336 e. The summed E-state index contributed by atoms with van der Waals surface area (Å²) in [5.41, 5.74) is 5.67. The zero-order valence-corrected chi connectivity index (χ0v) is 22.6. The predicted octanol–water partition coefficient (Wildman–Crippen LogP) is 7.43. The van der Waals surface area contributed by atoms with Gasteiger partial charge in [-0.05, 0) is 88.4 Å². The molecule has 0 aromatic heterocycles. The summed E-state index contributed by atoms with van der Waals surface area (Å²) in [4.78, 5) is 35.8. The largest absolute Gasteiger partial charge is 0.457 e. The molecule has 40 heavy (non-hydrogen) atoms. The molecule has 200 valence electrons. The lowest BCUT2D eigenvalue weighted by Gasteiger charge is -2.07. The molecule has 0 amide bonds. The van der Waals surface area contributed by atoms with E-state index in [0.717, 1.165) is 38.6 Å². The van der Waals surface area contributed by atoms with Crippen LogP contribution in [0.1, 0.15) is 30.5 Å². The first-order chi connectivity index (χ1) is 19.2. The highest BCUT2D eigenvalue weighted by molar-refractivity contribution is 5.96. The highest BCUT2D eigenvalue weighted by Crippen LogP contribution is 2.26. The number of fused-ring (bicyclic) bond motifs is 1. The molecule has 5 nitrogen and oxygen atoms in total. The maximum absolute atomic E-state index is 12.3. The number of esters is 2. The van der Waals surface area contributed by atoms with Crippen molar-refractivity contribution in [3.63, 3.8) is 0 Å². The molecule has 0 fully saturated rings. The SMILES string of the molecule is C=C(C)C(=O)Cc1ccc(-c2ccc3cc(/C=C/C(=O)Oc4ccc(COC(=O)C(=C)C)cc4)ccc3c2)cc1. The molecule has 0 aliphatic rings. The van der Waals surface area contributed by atoms with Crippen LogP contribution in [-0.2, 0) is 32.1 Å². The third-order valence-electron chi connectivity index (χ3n) is 6.26. The van der Waals surface area contributed by atoms with Crippen LogP contribution in [0.2, 0.25) is 0 Å². The normalized spacial score (nSPS) is 10.8. The number of ether oxygens (including phenoxy) is 2. The van der Waals surface area contributed by atoms with E-state index in [4.69, 9.17) is 9.47 Å². The van der Waals surface area contributed by atoms with Gasteiger partial charge in [-0.25, -0.2) is 9.59 Å².